The van der Waals surface area contributed by atoms with Gasteiger partial charge in [-0.3, -0.25) is 4.79 Å². The maximum Gasteiger partial charge on any atom is 0.220 e. The molecule has 0 aromatic carbocycles. The van der Waals surface area contributed by atoms with Crippen LogP contribution in [-0.2, 0) is 14.3 Å². The van der Waals surface area contributed by atoms with E-state index in [4.69, 9.17) is 9.47 Å². The first-order valence-electron chi connectivity index (χ1n) is 24.3. The molecule has 2 unspecified atom stereocenters. The summed E-state index contributed by atoms with van der Waals surface area (Å²) in [6, 6.07) is -0.984. The first kappa shape index (κ1) is 54.2. The normalized spacial score (nSPS) is 21.4. The second-order valence-corrected chi connectivity index (χ2v) is 17.4. The van der Waals surface area contributed by atoms with E-state index in [9.17, 15) is 35.4 Å². The molecule has 0 saturated carbocycles. The molecule has 0 radical (unpaired) electrons. The van der Waals surface area contributed by atoms with Gasteiger partial charge >= 0.3 is 0 Å². The van der Waals surface area contributed by atoms with Crippen molar-refractivity contribution in [2.75, 3.05) is 13.2 Å². The molecule has 7 N–H and O–H groups in total. The highest BCUT2D eigenvalue weighted by atomic mass is 16.7. The molecule has 1 fully saturated rings. The van der Waals surface area contributed by atoms with Crippen molar-refractivity contribution in [2.24, 2.45) is 0 Å². The van der Waals surface area contributed by atoms with E-state index in [0.29, 0.717) is 6.42 Å². The molecule has 0 aliphatic carbocycles. The third kappa shape index (κ3) is 28.3. The van der Waals surface area contributed by atoms with E-state index in [1.807, 2.05) is 0 Å². The molecule has 0 aromatic heterocycles. The van der Waals surface area contributed by atoms with Crippen molar-refractivity contribution in [3.8, 4) is 0 Å². The van der Waals surface area contributed by atoms with Crippen molar-refractivity contribution in [1.82, 2.24) is 5.32 Å². The fraction of sp³-hybridized carbons (Fsp3) is 0.979. The Morgan fingerprint density at radius 3 is 1.30 bits per heavy atom. The number of aliphatic hydroxyl groups excluding tert-OH is 6. The Hall–Kier alpha value is -0.850. The number of aliphatic hydroxyl groups is 6. The van der Waals surface area contributed by atoms with Crippen molar-refractivity contribution < 1.29 is 44.9 Å². The van der Waals surface area contributed by atoms with Crippen LogP contribution in [0.25, 0.3) is 0 Å². The van der Waals surface area contributed by atoms with Crippen molar-refractivity contribution >= 4 is 5.91 Å². The molecule has 1 amide bonds. The molecule has 10 heteroatoms. The maximum atomic E-state index is 13.0. The molecule has 57 heavy (non-hydrogen) atoms. The average molecular weight is 816 g/mol. The lowest BCUT2D eigenvalue weighted by molar-refractivity contribution is -0.303. The summed E-state index contributed by atoms with van der Waals surface area (Å²) in [5.41, 5.74) is 0. The Morgan fingerprint density at radius 2 is 0.912 bits per heavy atom. The van der Waals surface area contributed by atoms with Crippen LogP contribution in [-0.4, -0.2) is 98.7 Å². The molecular formula is C47H93NO9. The van der Waals surface area contributed by atoms with Crippen LogP contribution in [0.15, 0.2) is 0 Å². The number of hydrogen-bond donors (Lipinski definition) is 7. The Morgan fingerprint density at radius 1 is 0.544 bits per heavy atom. The van der Waals surface area contributed by atoms with Gasteiger partial charge in [0.2, 0.25) is 5.91 Å². The van der Waals surface area contributed by atoms with E-state index >= 15 is 0 Å². The third-order valence-corrected chi connectivity index (χ3v) is 12.1. The van der Waals surface area contributed by atoms with Crippen LogP contribution in [0, 0.1) is 0 Å². The molecule has 1 aliphatic heterocycles. The highest BCUT2D eigenvalue weighted by Crippen LogP contribution is 2.23. The lowest BCUT2D eigenvalue weighted by Crippen LogP contribution is -2.60. The Labute approximate surface area is 349 Å². The smallest absolute Gasteiger partial charge is 0.220 e. The maximum absolute atomic E-state index is 13.0. The van der Waals surface area contributed by atoms with Crippen LogP contribution in [0.4, 0.5) is 0 Å². The first-order valence-corrected chi connectivity index (χ1v) is 24.3. The minimum absolute atomic E-state index is 0.253. The second kappa shape index (κ2) is 38.1. The van der Waals surface area contributed by atoms with Crippen LogP contribution in [0.1, 0.15) is 232 Å². The molecule has 340 valence electrons. The van der Waals surface area contributed by atoms with Gasteiger partial charge in [-0.15, -0.1) is 0 Å². The quantitative estimate of drug-likeness (QED) is 0.0298. The molecule has 0 aromatic rings. The lowest BCUT2D eigenvalue weighted by Gasteiger charge is -2.40. The van der Waals surface area contributed by atoms with Gasteiger partial charge in [-0.05, 0) is 12.8 Å². The molecule has 1 saturated heterocycles. The zero-order valence-electron chi connectivity index (χ0n) is 37.0. The van der Waals surface area contributed by atoms with Crippen LogP contribution in [0.5, 0.6) is 0 Å². The summed E-state index contributed by atoms with van der Waals surface area (Å²) in [6.45, 7) is 3.62. The number of hydrogen-bond acceptors (Lipinski definition) is 9. The SMILES string of the molecule is CCCCCCCCCCCCCCCCCCCCCC(=O)N[C@@H](CO[C@@H]1O[C@H](CO)[C@H](O)C(O)C1O)[C@H](O)[C@H](O)CCCCCCCCCCCCCCC. The minimum Gasteiger partial charge on any atom is -0.394 e. The monoisotopic (exact) mass is 816 g/mol. The summed E-state index contributed by atoms with van der Waals surface area (Å²) in [6.07, 6.45) is 31.1. The van der Waals surface area contributed by atoms with Gasteiger partial charge in [-0.2, -0.15) is 0 Å². The summed E-state index contributed by atoms with van der Waals surface area (Å²) in [5, 5.41) is 65.2. The van der Waals surface area contributed by atoms with E-state index < -0.39 is 55.6 Å². The molecule has 0 spiro atoms. The summed E-state index contributed by atoms with van der Waals surface area (Å²) >= 11 is 0. The minimum atomic E-state index is -1.60. The Bertz CT molecular complexity index is 880. The van der Waals surface area contributed by atoms with Crippen LogP contribution >= 0.6 is 0 Å². The number of ether oxygens (including phenoxy) is 2. The van der Waals surface area contributed by atoms with E-state index in [0.717, 1.165) is 38.5 Å². The summed E-state index contributed by atoms with van der Waals surface area (Å²) in [5.74, 6) is -0.253. The van der Waals surface area contributed by atoms with Gasteiger partial charge in [0.1, 0.15) is 30.5 Å². The number of unbranched alkanes of at least 4 members (excludes halogenated alkanes) is 30. The van der Waals surface area contributed by atoms with Gasteiger partial charge in [-0.1, -0.05) is 213 Å². The van der Waals surface area contributed by atoms with Crippen LogP contribution in [0.3, 0.4) is 0 Å². The first-order chi connectivity index (χ1) is 27.8. The predicted molar refractivity (Wildman–Crippen MR) is 232 cm³/mol. The fourth-order valence-corrected chi connectivity index (χ4v) is 8.08. The third-order valence-electron chi connectivity index (χ3n) is 12.1. The zero-order valence-corrected chi connectivity index (χ0v) is 37.0. The lowest BCUT2D eigenvalue weighted by atomic mass is 9.98. The van der Waals surface area contributed by atoms with E-state index in [-0.39, 0.29) is 18.9 Å². The van der Waals surface area contributed by atoms with Crippen molar-refractivity contribution in [3.05, 3.63) is 0 Å². The van der Waals surface area contributed by atoms with Gasteiger partial charge in [0.25, 0.3) is 0 Å². The number of carbonyl (C=O) groups excluding carboxylic acids is 1. The largest absolute Gasteiger partial charge is 0.394 e. The summed E-state index contributed by atoms with van der Waals surface area (Å²) in [4.78, 5) is 13.0. The standard InChI is InChI=1S/C47H93NO9/c1-3-5-7-9-11-13-15-17-18-19-20-21-22-24-26-28-30-32-34-36-42(51)48-39(38-56-47-46(55)45(54)44(53)41(37-49)57-47)43(52)40(50)35-33-31-29-27-25-23-16-14-12-10-8-6-4-2/h39-41,43-47,49-50,52-55H,3-38H2,1-2H3,(H,48,51)/t39-,40+,41+,43-,44-,45?,46?,47+/m0/s1. The average Bonchev–Trinajstić information content (AvgIpc) is 3.21. The number of amides is 1. The molecule has 1 aliphatic rings. The fourth-order valence-electron chi connectivity index (χ4n) is 8.08. The van der Waals surface area contributed by atoms with E-state index in [1.165, 1.54) is 167 Å². The molecule has 8 atom stereocenters. The van der Waals surface area contributed by atoms with Crippen LogP contribution in [0.2, 0.25) is 0 Å². The van der Waals surface area contributed by atoms with Gasteiger partial charge in [0, 0.05) is 6.42 Å². The summed E-state index contributed by atoms with van der Waals surface area (Å²) < 4.78 is 11.2. The Kier molecular flexibility index (Phi) is 36.2. The van der Waals surface area contributed by atoms with Crippen molar-refractivity contribution in [1.29, 1.82) is 0 Å². The highest BCUT2D eigenvalue weighted by Gasteiger charge is 2.44. The van der Waals surface area contributed by atoms with Gasteiger partial charge in [-0.25, -0.2) is 0 Å². The van der Waals surface area contributed by atoms with Gasteiger partial charge in [0.15, 0.2) is 6.29 Å². The molecular weight excluding hydrogens is 723 g/mol. The molecule has 10 nitrogen and oxygen atoms in total. The van der Waals surface area contributed by atoms with Gasteiger partial charge < -0.3 is 45.4 Å². The zero-order chi connectivity index (χ0) is 41.8. The van der Waals surface area contributed by atoms with Crippen molar-refractivity contribution in [2.45, 2.75) is 281 Å². The van der Waals surface area contributed by atoms with E-state index in [2.05, 4.69) is 19.2 Å². The van der Waals surface area contributed by atoms with Gasteiger partial charge in [0.05, 0.1) is 25.4 Å². The van der Waals surface area contributed by atoms with Crippen LogP contribution < -0.4 is 5.32 Å². The highest BCUT2D eigenvalue weighted by molar-refractivity contribution is 5.76. The molecule has 1 rings (SSSR count). The molecule has 0 bridgehead atoms. The number of rotatable bonds is 41. The predicted octanol–water partition coefficient (Wildman–Crippen LogP) is 9.31. The Balaban J connectivity index is 2.34. The second-order valence-electron chi connectivity index (χ2n) is 17.4. The van der Waals surface area contributed by atoms with E-state index in [1.54, 1.807) is 0 Å². The number of carbonyl (C=O) groups is 1. The molecule has 1 heterocycles. The van der Waals surface area contributed by atoms with Crippen molar-refractivity contribution in [3.63, 3.8) is 0 Å². The topological polar surface area (TPSA) is 169 Å². The number of nitrogens with one attached hydrogen (secondary N) is 1. The summed E-state index contributed by atoms with van der Waals surface area (Å²) in [7, 11) is 0.